The first kappa shape index (κ1) is 12.4. The third-order valence-electron chi connectivity index (χ3n) is 4.18. The van der Waals surface area contributed by atoms with E-state index in [0.717, 1.165) is 35.5 Å². The molecular formula is C20H22ClF2N3O. The first-order valence-electron chi connectivity index (χ1n) is 11.8. The first-order valence-corrected chi connectivity index (χ1v) is 8.70. The molecule has 0 aliphatic carbocycles. The SMILES string of the molecule is [2H]C([2H])([2H])c1cnc(CCCC2(F)C([2H])([2H])CN(C(=O)c3ccc(F)c(Cl)c3)CC2([2H])[2H])nc1. The van der Waals surface area contributed by atoms with Gasteiger partial charge in [-0.2, -0.15) is 0 Å². The van der Waals surface area contributed by atoms with Crippen LogP contribution in [-0.4, -0.2) is 39.5 Å². The summed E-state index contributed by atoms with van der Waals surface area (Å²) >= 11 is 5.70. The Bertz CT molecular complexity index is 1050. The lowest BCUT2D eigenvalue weighted by Crippen LogP contribution is -2.44. The van der Waals surface area contributed by atoms with Gasteiger partial charge in [0, 0.05) is 47.1 Å². The van der Waals surface area contributed by atoms with Gasteiger partial charge in [0.2, 0.25) is 0 Å². The lowest BCUT2D eigenvalue weighted by molar-refractivity contribution is 0.0389. The van der Waals surface area contributed by atoms with Gasteiger partial charge in [0.15, 0.2) is 0 Å². The predicted molar refractivity (Wildman–Crippen MR) is 100 cm³/mol. The summed E-state index contributed by atoms with van der Waals surface area (Å²) in [6, 6.07) is 3.16. The van der Waals surface area contributed by atoms with Crippen LogP contribution < -0.4 is 0 Å². The number of alkyl halides is 1. The summed E-state index contributed by atoms with van der Waals surface area (Å²) in [6.45, 7) is -3.78. The van der Waals surface area contributed by atoms with Gasteiger partial charge in [-0.3, -0.25) is 4.79 Å². The highest BCUT2D eigenvalue weighted by Gasteiger charge is 2.35. The van der Waals surface area contributed by atoms with E-state index in [2.05, 4.69) is 9.97 Å². The number of rotatable bonds is 5. The highest BCUT2D eigenvalue weighted by atomic mass is 35.5. The van der Waals surface area contributed by atoms with Crippen molar-refractivity contribution < 1.29 is 23.2 Å². The van der Waals surface area contributed by atoms with Gasteiger partial charge in [-0.25, -0.2) is 18.7 Å². The lowest BCUT2D eigenvalue weighted by atomic mass is 9.88. The Labute approximate surface area is 172 Å². The predicted octanol–water partition coefficient (Wildman–Crippen LogP) is 4.54. The highest BCUT2D eigenvalue weighted by Crippen LogP contribution is 2.32. The van der Waals surface area contributed by atoms with Gasteiger partial charge in [0.1, 0.15) is 17.3 Å². The number of nitrogens with zero attached hydrogens (tertiary/aromatic N) is 3. The minimum atomic E-state index is -2.92. The summed E-state index contributed by atoms with van der Waals surface area (Å²) in [6.07, 6.45) is -3.63. The van der Waals surface area contributed by atoms with E-state index in [-0.39, 0.29) is 34.8 Å². The molecule has 2 aromatic rings. The lowest BCUT2D eigenvalue weighted by Gasteiger charge is -2.36. The smallest absolute Gasteiger partial charge is 0.253 e. The van der Waals surface area contributed by atoms with Gasteiger partial charge >= 0.3 is 0 Å². The summed E-state index contributed by atoms with van der Waals surface area (Å²) < 4.78 is 84.3. The number of carbonyl (C=O) groups is 1. The number of halogens is 3. The second kappa shape index (κ2) is 8.30. The van der Waals surface area contributed by atoms with Crippen molar-refractivity contribution in [3.8, 4) is 0 Å². The fourth-order valence-electron chi connectivity index (χ4n) is 2.67. The molecule has 4 nitrogen and oxygen atoms in total. The van der Waals surface area contributed by atoms with Gasteiger partial charge in [-0.15, -0.1) is 0 Å². The Morgan fingerprint density at radius 2 is 2.07 bits per heavy atom. The molecule has 0 bridgehead atoms. The van der Waals surface area contributed by atoms with Crippen molar-refractivity contribution in [1.82, 2.24) is 14.9 Å². The second-order valence-electron chi connectivity index (χ2n) is 6.19. The van der Waals surface area contributed by atoms with Crippen molar-refractivity contribution in [2.75, 3.05) is 13.1 Å². The molecule has 27 heavy (non-hydrogen) atoms. The van der Waals surface area contributed by atoms with Gasteiger partial charge in [0.05, 0.1) is 5.02 Å². The molecule has 1 aromatic heterocycles. The molecule has 1 aliphatic rings. The average molecular weight is 401 g/mol. The standard InChI is InChI=1S/C20H22ClF2N3O/c1-14-12-24-18(25-13-14)3-2-6-20(23)7-9-26(10-8-20)19(27)15-4-5-17(22)16(21)11-15/h4-5,11-13H,2-3,6-10H2,1H3/i1D3,7D2,8D2. The monoisotopic (exact) mass is 400 g/mol. The summed E-state index contributed by atoms with van der Waals surface area (Å²) in [5, 5.41) is -0.317. The van der Waals surface area contributed by atoms with Crippen LogP contribution >= 0.6 is 11.6 Å². The summed E-state index contributed by atoms with van der Waals surface area (Å²) in [4.78, 5) is 21.5. The maximum atomic E-state index is 15.9. The van der Waals surface area contributed by atoms with Gasteiger partial charge in [-0.1, -0.05) is 11.6 Å². The number of hydrogen-bond acceptors (Lipinski definition) is 3. The Hall–Kier alpha value is -2.08. The number of aryl methyl sites for hydroxylation is 2. The van der Waals surface area contributed by atoms with Gasteiger partial charge < -0.3 is 4.90 Å². The molecule has 3 rings (SSSR count). The van der Waals surface area contributed by atoms with Crippen molar-refractivity contribution in [3.63, 3.8) is 0 Å². The zero-order valence-corrected chi connectivity index (χ0v) is 15.1. The van der Waals surface area contributed by atoms with E-state index < -0.39 is 56.5 Å². The molecule has 7 heteroatoms. The zero-order chi connectivity index (χ0) is 25.5. The van der Waals surface area contributed by atoms with Crippen molar-refractivity contribution in [3.05, 3.63) is 58.4 Å². The number of aromatic nitrogens is 2. The van der Waals surface area contributed by atoms with Crippen LogP contribution in [-0.2, 0) is 6.42 Å². The molecule has 1 fully saturated rings. The van der Waals surface area contributed by atoms with Gasteiger partial charge in [0.25, 0.3) is 5.91 Å². The summed E-state index contributed by atoms with van der Waals surface area (Å²) in [5.41, 5.74) is -3.04. The molecular weight excluding hydrogens is 372 g/mol. The minimum absolute atomic E-state index is 0.00977. The normalized spacial score (nSPS) is 24.4. The number of amides is 1. The number of carbonyl (C=O) groups excluding carboxylic acids is 1. The van der Waals surface area contributed by atoms with E-state index in [1.165, 1.54) is 0 Å². The Morgan fingerprint density at radius 1 is 1.37 bits per heavy atom. The van der Waals surface area contributed by atoms with E-state index >= 15 is 4.39 Å². The van der Waals surface area contributed by atoms with E-state index in [0.29, 0.717) is 0 Å². The number of piperidine rings is 1. The van der Waals surface area contributed by atoms with Crippen LogP contribution in [0.5, 0.6) is 0 Å². The van der Waals surface area contributed by atoms with E-state index in [1.807, 2.05) is 0 Å². The van der Waals surface area contributed by atoms with Crippen LogP contribution in [0.1, 0.15) is 56.9 Å². The number of benzene rings is 1. The highest BCUT2D eigenvalue weighted by molar-refractivity contribution is 6.31. The van der Waals surface area contributed by atoms with Crippen molar-refractivity contribution in [2.24, 2.45) is 0 Å². The Kier molecular flexibility index (Phi) is 3.81. The molecule has 0 unspecified atom stereocenters. The first-order chi connectivity index (χ1) is 15.6. The van der Waals surface area contributed by atoms with E-state index in [4.69, 9.17) is 21.2 Å². The van der Waals surface area contributed by atoms with E-state index in [1.54, 1.807) is 0 Å². The topological polar surface area (TPSA) is 46.1 Å². The third kappa shape index (κ3) is 5.01. The van der Waals surface area contributed by atoms with Crippen molar-refractivity contribution in [1.29, 1.82) is 0 Å². The molecule has 1 aliphatic heterocycles. The van der Waals surface area contributed by atoms with Crippen LogP contribution in [0.25, 0.3) is 0 Å². The molecule has 0 atom stereocenters. The summed E-state index contributed by atoms with van der Waals surface area (Å²) in [5.74, 6) is -1.32. The molecule has 0 radical (unpaired) electrons. The van der Waals surface area contributed by atoms with E-state index in [9.17, 15) is 9.18 Å². The Morgan fingerprint density at radius 3 is 2.70 bits per heavy atom. The quantitative estimate of drug-likeness (QED) is 0.739. The van der Waals surface area contributed by atoms with Crippen LogP contribution in [0.15, 0.2) is 30.6 Å². The fraction of sp³-hybridized carbons (Fsp3) is 0.450. The van der Waals surface area contributed by atoms with Crippen LogP contribution in [0.3, 0.4) is 0 Å². The van der Waals surface area contributed by atoms with Crippen LogP contribution in [0.2, 0.25) is 5.02 Å². The minimum Gasteiger partial charge on any atom is -0.338 e. The Balaban J connectivity index is 1.72. The largest absolute Gasteiger partial charge is 0.338 e. The molecule has 0 saturated carbocycles. The van der Waals surface area contributed by atoms with Crippen molar-refractivity contribution >= 4 is 17.5 Å². The van der Waals surface area contributed by atoms with Gasteiger partial charge in [-0.05, 0) is 56.2 Å². The number of likely N-dealkylation sites (tertiary alicyclic amines) is 1. The molecule has 1 aromatic carbocycles. The molecule has 0 spiro atoms. The number of hydrogen-bond donors (Lipinski definition) is 0. The molecule has 1 amide bonds. The molecule has 2 heterocycles. The maximum absolute atomic E-state index is 15.9. The maximum Gasteiger partial charge on any atom is 0.253 e. The second-order valence-corrected chi connectivity index (χ2v) is 6.59. The zero-order valence-electron chi connectivity index (χ0n) is 21.3. The average Bonchev–Trinajstić information content (AvgIpc) is 2.73. The summed E-state index contributed by atoms with van der Waals surface area (Å²) in [7, 11) is 0. The molecule has 144 valence electrons. The fourth-order valence-corrected chi connectivity index (χ4v) is 2.85. The molecule has 0 N–H and O–H groups in total. The van der Waals surface area contributed by atoms with Crippen LogP contribution in [0.4, 0.5) is 8.78 Å². The third-order valence-corrected chi connectivity index (χ3v) is 4.47. The van der Waals surface area contributed by atoms with Crippen molar-refractivity contribution in [2.45, 2.75) is 44.5 Å². The van der Waals surface area contributed by atoms with Crippen LogP contribution in [0, 0.1) is 12.7 Å². The molecule has 1 saturated heterocycles.